The molecule has 1 fully saturated rings. The fourth-order valence-corrected chi connectivity index (χ4v) is 2.87. The van der Waals surface area contributed by atoms with Crippen LogP contribution in [0.5, 0.6) is 0 Å². The van der Waals surface area contributed by atoms with E-state index in [1.807, 2.05) is 12.1 Å². The Balaban J connectivity index is 1.74. The van der Waals surface area contributed by atoms with Crippen molar-refractivity contribution in [3.8, 4) is 0 Å². The van der Waals surface area contributed by atoms with E-state index in [1.54, 1.807) is 0 Å². The van der Waals surface area contributed by atoms with Crippen molar-refractivity contribution in [3.05, 3.63) is 46.5 Å². The highest BCUT2D eigenvalue weighted by molar-refractivity contribution is 6.30. The third-order valence-electron chi connectivity index (χ3n) is 3.90. The first-order valence-electron chi connectivity index (χ1n) is 6.75. The minimum Gasteiger partial charge on any atom is -0.312 e. The summed E-state index contributed by atoms with van der Waals surface area (Å²) in [6.45, 7) is 1.93. The zero-order chi connectivity index (χ0) is 12.8. The summed E-state index contributed by atoms with van der Waals surface area (Å²) in [4.78, 5) is 0. The van der Waals surface area contributed by atoms with Crippen LogP contribution in [-0.2, 0) is 6.54 Å². The Morgan fingerprint density at radius 3 is 2.58 bits per heavy atom. The maximum Gasteiger partial charge on any atom is 0.154 e. The lowest BCUT2D eigenvalue weighted by Gasteiger charge is -2.25. The molecule has 19 heavy (non-hydrogen) atoms. The average Bonchev–Trinajstić information content (AvgIpc) is 3.19. The number of benzene rings is 1. The van der Waals surface area contributed by atoms with Crippen molar-refractivity contribution in [1.82, 2.24) is 20.1 Å². The second-order valence-electron chi connectivity index (χ2n) is 5.28. The van der Waals surface area contributed by atoms with Gasteiger partial charge in [0.05, 0.1) is 6.04 Å². The molecule has 2 aliphatic rings. The van der Waals surface area contributed by atoms with Crippen molar-refractivity contribution in [2.45, 2.75) is 31.3 Å². The SMILES string of the molecule is Clc1ccc(C2NCCn3c(C4CC4)nnc32)cc1. The molecule has 4 nitrogen and oxygen atoms in total. The van der Waals surface area contributed by atoms with E-state index in [2.05, 4.69) is 32.2 Å². The Morgan fingerprint density at radius 1 is 1.11 bits per heavy atom. The van der Waals surface area contributed by atoms with E-state index in [9.17, 15) is 0 Å². The van der Waals surface area contributed by atoms with Crippen LogP contribution in [0, 0.1) is 0 Å². The fraction of sp³-hybridized carbons (Fsp3) is 0.429. The summed E-state index contributed by atoms with van der Waals surface area (Å²) in [5.41, 5.74) is 1.19. The molecule has 5 heteroatoms. The molecule has 1 saturated carbocycles. The van der Waals surface area contributed by atoms with Crippen molar-refractivity contribution in [3.63, 3.8) is 0 Å². The Labute approximate surface area is 116 Å². The number of aromatic nitrogens is 3. The van der Waals surface area contributed by atoms with Gasteiger partial charge in [-0.15, -0.1) is 10.2 Å². The predicted octanol–water partition coefficient (Wildman–Crippen LogP) is 2.50. The lowest BCUT2D eigenvalue weighted by atomic mass is 10.0. The maximum absolute atomic E-state index is 5.95. The Hall–Kier alpha value is -1.39. The number of nitrogens with zero attached hydrogens (tertiary/aromatic N) is 3. The van der Waals surface area contributed by atoms with Crippen LogP contribution >= 0.6 is 11.6 Å². The number of rotatable bonds is 2. The minimum absolute atomic E-state index is 0.131. The van der Waals surface area contributed by atoms with Crippen molar-refractivity contribution < 1.29 is 0 Å². The molecule has 1 atom stereocenters. The predicted molar refractivity (Wildman–Crippen MR) is 73.3 cm³/mol. The average molecular weight is 275 g/mol. The van der Waals surface area contributed by atoms with E-state index in [0.29, 0.717) is 5.92 Å². The van der Waals surface area contributed by atoms with Crippen LogP contribution < -0.4 is 5.32 Å². The molecule has 1 aromatic heterocycles. The van der Waals surface area contributed by atoms with Crippen molar-refractivity contribution in [2.75, 3.05) is 6.54 Å². The lowest BCUT2D eigenvalue weighted by molar-refractivity contribution is 0.447. The van der Waals surface area contributed by atoms with Gasteiger partial charge in [-0.25, -0.2) is 0 Å². The van der Waals surface area contributed by atoms with Crippen molar-refractivity contribution in [2.24, 2.45) is 0 Å². The van der Waals surface area contributed by atoms with Gasteiger partial charge in [0.2, 0.25) is 0 Å². The number of hydrogen-bond donors (Lipinski definition) is 1. The molecule has 4 rings (SSSR count). The Kier molecular flexibility index (Phi) is 2.60. The van der Waals surface area contributed by atoms with E-state index >= 15 is 0 Å². The van der Waals surface area contributed by atoms with Crippen LogP contribution in [0.2, 0.25) is 5.02 Å². The highest BCUT2D eigenvalue weighted by atomic mass is 35.5. The molecule has 2 aromatic rings. The van der Waals surface area contributed by atoms with Gasteiger partial charge in [0.1, 0.15) is 5.82 Å². The molecule has 1 aliphatic carbocycles. The van der Waals surface area contributed by atoms with Gasteiger partial charge in [0, 0.05) is 24.0 Å². The van der Waals surface area contributed by atoms with E-state index in [-0.39, 0.29) is 6.04 Å². The molecule has 0 spiro atoms. The summed E-state index contributed by atoms with van der Waals surface area (Å²) in [6, 6.07) is 8.10. The zero-order valence-corrected chi connectivity index (χ0v) is 11.3. The maximum atomic E-state index is 5.95. The van der Waals surface area contributed by atoms with Crippen molar-refractivity contribution >= 4 is 11.6 Å². The van der Waals surface area contributed by atoms with E-state index in [4.69, 9.17) is 11.6 Å². The number of fused-ring (bicyclic) bond motifs is 1. The summed E-state index contributed by atoms with van der Waals surface area (Å²) in [5.74, 6) is 2.86. The van der Waals surface area contributed by atoms with Crippen molar-refractivity contribution in [1.29, 1.82) is 0 Å². The molecule has 0 radical (unpaired) electrons. The highest BCUT2D eigenvalue weighted by Gasteiger charge is 2.33. The van der Waals surface area contributed by atoms with E-state index in [1.165, 1.54) is 24.2 Å². The molecule has 1 aliphatic heterocycles. The standard InChI is InChI=1S/C14H15ClN4/c15-11-5-3-9(4-6-11)12-14-18-17-13(10-1-2-10)19(14)8-7-16-12/h3-6,10,12,16H,1-2,7-8H2. The van der Waals surface area contributed by atoms with Gasteiger partial charge in [-0.2, -0.15) is 0 Å². The van der Waals surface area contributed by atoms with Gasteiger partial charge in [-0.3, -0.25) is 0 Å². The largest absolute Gasteiger partial charge is 0.312 e. The molecule has 0 bridgehead atoms. The molecular weight excluding hydrogens is 260 g/mol. The summed E-state index contributed by atoms with van der Waals surface area (Å²) in [6.07, 6.45) is 2.52. The molecule has 0 saturated heterocycles. The van der Waals surface area contributed by atoms with Gasteiger partial charge >= 0.3 is 0 Å². The molecule has 0 amide bonds. The number of halogens is 1. The van der Waals surface area contributed by atoms with Gasteiger partial charge in [-0.1, -0.05) is 23.7 Å². The topological polar surface area (TPSA) is 42.7 Å². The van der Waals surface area contributed by atoms with Gasteiger partial charge < -0.3 is 9.88 Å². The van der Waals surface area contributed by atoms with E-state index < -0.39 is 0 Å². The van der Waals surface area contributed by atoms with Gasteiger partial charge in [0.15, 0.2) is 5.82 Å². The third kappa shape index (κ3) is 1.95. The minimum atomic E-state index is 0.131. The summed E-state index contributed by atoms with van der Waals surface area (Å²) >= 11 is 5.95. The second kappa shape index (κ2) is 4.32. The first-order chi connectivity index (χ1) is 9.33. The van der Waals surface area contributed by atoms with Crippen LogP contribution in [0.15, 0.2) is 24.3 Å². The van der Waals surface area contributed by atoms with Crippen LogP contribution in [0.4, 0.5) is 0 Å². The summed E-state index contributed by atoms with van der Waals surface area (Å²) in [7, 11) is 0. The van der Waals surface area contributed by atoms with Gasteiger partial charge in [-0.05, 0) is 30.5 Å². The molecule has 1 unspecified atom stereocenters. The van der Waals surface area contributed by atoms with Crippen LogP contribution in [0.1, 0.15) is 42.0 Å². The number of hydrogen-bond acceptors (Lipinski definition) is 3. The highest BCUT2D eigenvalue weighted by Crippen LogP contribution is 2.40. The van der Waals surface area contributed by atoms with Gasteiger partial charge in [0.25, 0.3) is 0 Å². The molecule has 2 heterocycles. The fourth-order valence-electron chi connectivity index (χ4n) is 2.75. The second-order valence-corrected chi connectivity index (χ2v) is 5.72. The quantitative estimate of drug-likeness (QED) is 0.915. The first kappa shape index (κ1) is 11.4. The van der Waals surface area contributed by atoms with Crippen LogP contribution in [-0.4, -0.2) is 21.3 Å². The molecule has 98 valence electrons. The first-order valence-corrected chi connectivity index (χ1v) is 7.12. The van der Waals surface area contributed by atoms with Crippen LogP contribution in [0.25, 0.3) is 0 Å². The Morgan fingerprint density at radius 2 is 1.84 bits per heavy atom. The molecular formula is C14H15ClN4. The molecule has 1 aromatic carbocycles. The summed E-state index contributed by atoms with van der Waals surface area (Å²) < 4.78 is 2.30. The van der Waals surface area contributed by atoms with Crippen LogP contribution in [0.3, 0.4) is 0 Å². The smallest absolute Gasteiger partial charge is 0.154 e. The Bertz CT molecular complexity index is 600. The third-order valence-corrected chi connectivity index (χ3v) is 4.15. The normalized spacial score (nSPS) is 22.3. The number of nitrogens with one attached hydrogen (secondary N) is 1. The summed E-state index contributed by atoms with van der Waals surface area (Å²) in [5, 5.41) is 13.1. The molecule has 1 N–H and O–H groups in total. The van der Waals surface area contributed by atoms with E-state index in [0.717, 1.165) is 23.9 Å². The lowest BCUT2D eigenvalue weighted by Crippen LogP contribution is -2.34. The zero-order valence-electron chi connectivity index (χ0n) is 10.5. The monoisotopic (exact) mass is 274 g/mol.